The van der Waals surface area contributed by atoms with Gasteiger partial charge in [0.1, 0.15) is 6.61 Å². The Balaban J connectivity index is 2.47. The highest BCUT2D eigenvalue weighted by Crippen LogP contribution is 2.37. The van der Waals surface area contributed by atoms with Gasteiger partial charge in [-0.15, -0.1) is 0 Å². The summed E-state index contributed by atoms with van der Waals surface area (Å²) in [5.41, 5.74) is 6.76. The number of fused-ring (bicyclic) bond motifs is 1. The number of nitrogen functional groups attached to an aromatic ring is 1. The molecule has 4 nitrogen and oxygen atoms in total. The fourth-order valence-electron chi connectivity index (χ4n) is 1.27. The number of benzene rings is 1. The molecule has 0 fully saturated rings. The molecule has 1 unspecified atom stereocenters. The van der Waals surface area contributed by atoms with Gasteiger partial charge in [-0.05, 0) is 12.1 Å². The Morgan fingerprint density at radius 2 is 2.38 bits per heavy atom. The molecule has 0 saturated heterocycles. The van der Waals surface area contributed by atoms with E-state index in [1.54, 1.807) is 12.1 Å². The molecule has 0 radical (unpaired) electrons. The number of hydrogen-bond acceptors (Lipinski definition) is 4. The topological polar surface area (TPSA) is 67.5 Å². The fraction of sp³-hybridized carbons (Fsp3) is 0.250. The Hall–Kier alpha value is -1.13. The molecule has 1 atom stereocenters. The second-order valence-electron chi connectivity index (χ2n) is 2.84. The number of ether oxygens (including phenoxy) is 1. The van der Waals surface area contributed by atoms with Crippen molar-refractivity contribution in [3.8, 4) is 5.75 Å². The van der Waals surface area contributed by atoms with Gasteiger partial charge >= 0.3 is 0 Å². The van der Waals surface area contributed by atoms with Crippen LogP contribution in [0.2, 0.25) is 5.02 Å². The van der Waals surface area contributed by atoms with E-state index in [9.17, 15) is 5.11 Å². The molecule has 0 aromatic heterocycles. The summed E-state index contributed by atoms with van der Waals surface area (Å²) in [4.78, 5) is 0. The standard InChI is InChI=1S/C8H9ClN2O2/c9-4-1-5(10)8-6(2-4)11-7(12)3-13-8/h1-2,7,11-12H,3,10H2. The summed E-state index contributed by atoms with van der Waals surface area (Å²) >= 11 is 5.77. The van der Waals surface area contributed by atoms with Crippen molar-refractivity contribution >= 4 is 23.0 Å². The summed E-state index contributed by atoms with van der Waals surface area (Å²) in [5.74, 6) is 0.551. The lowest BCUT2D eigenvalue weighted by atomic mass is 10.2. The lowest BCUT2D eigenvalue weighted by Gasteiger charge is -2.24. The highest BCUT2D eigenvalue weighted by molar-refractivity contribution is 6.31. The van der Waals surface area contributed by atoms with Crippen molar-refractivity contribution in [2.24, 2.45) is 0 Å². The monoisotopic (exact) mass is 200 g/mol. The summed E-state index contributed by atoms with van der Waals surface area (Å²) in [6.45, 7) is 0.193. The number of aliphatic hydroxyl groups is 1. The molecule has 13 heavy (non-hydrogen) atoms. The minimum atomic E-state index is -0.703. The summed E-state index contributed by atoms with van der Waals surface area (Å²) in [6.07, 6.45) is -0.703. The molecule has 1 aromatic carbocycles. The van der Waals surface area contributed by atoms with Gasteiger partial charge in [0.05, 0.1) is 11.4 Å². The van der Waals surface area contributed by atoms with E-state index < -0.39 is 6.23 Å². The van der Waals surface area contributed by atoms with Crippen LogP contribution in [-0.2, 0) is 0 Å². The molecule has 0 spiro atoms. The molecule has 1 aliphatic rings. The maximum absolute atomic E-state index is 9.22. The van der Waals surface area contributed by atoms with Crippen molar-refractivity contribution in [3.05, 3.63) is 17.2 Å². The highest BCUT2D eigenvalue weighted by Gasteiger charge is 2.18. The van der Waals surface area contributed by atoms with Gasteiger partial charge in [0.2, 0.25) is 0 Å². The third kappa shape index (κ3) is 1.50. The molecule has 70 valence electrons. The maximum atomic E-state index is 9.22. The van der Waals surface area contributed by atoms with Gasteiger partial charge < -0.3 is 20.9 Å². The first-order valence-electron chi connectivity index (χ1n) is 3.83. The van der Waals surface area contributed by atoms with Gasteiger partial charge in [-0.2, -0.15) is 0 Å². The van der Waals surface area contributed by atoms with Gasteiger partial charge in [0, 0.05) is 5.02 Å². The Labute approximate surface area is 80.3 Å². The Morgan fingerprint density at radius 1 is 1.62 bits per heavy atom. The van der Waals surface area contributed by atoms with E-state index in [0.717, 1.165) is 0 Å². The van der Waals surface area contributed by atoms with Gasteiger partial charge in [-0.3, -0.25) is 0 Å². The lowest BCUT2D eigenvalue weighted by Crippen LogP contribution is -2.31. The molecule has 5 heteroatoms. The predicted octanol–water partition coefficient (Wildman–Crippen LogP) is 1.04. The van der Waals surface area contributed by atoms with Crippen LogP contribution in [0.15, 0.2) is 12.1 Å². The first-order valence-corrected chi connectivity index (χ1v) is 4.21. The van der Waals surface area contributed by atoms with Crippen LogP contribution in [0, 0.1) is 0 Å². The largest absolute Gasteiger partial charge is 0.485 e. The zero-order chi connectivity index (χ0) is 9.42. The summed E-state index contributed by atoms with van der Waals surface area (Å²) in [7, 11) is 0. The van der Waals surface area contributed by atoms with E-state index >= 15 is 0 Å². The number of aliphatic hydroxyl groups excluding tert-OH is 1. The molecular weight excluding hydrogens is 192 g/mol. The average molecular weight is 201 g/mol. The third-order valence-electron chi connectivity index (χ3n) is 1.79. The van der Waals surface area contributed by atoms with Crippen molar-refractivity contribution in [1.29, 1.82) is 0 Å². The third-order valence-corrected chi connectivity index (χ3v) is 2.01. The Kier molecular flexibility index (Phi) is 1.94. The van der Waals surface area contributed by atoms with Gasteiger partial charge in [0.15, 0.2) is 12.0 Å². The first-order chi connectivity index (χ1) is 6.16. The Bertz CT molecular complexity index is 343. The van der Waals surface area contributed by atoms with E-state index in [1.807, 2.05) is 0 Å². The van der Waals surface area contributed by atoms with Crippen LogP contribution in [0.5, 0.6) is 5.75 Å². The van der Waals surface area contributed by atoms with Crippen LogP contribution in [0.1, 0.15) is 0 Å². The molecule has 0 amide bonds. The minimum Gasteiger partial charge on any atom is -0.485 e. The minimum absolute atomic E-state index is 0.193. The number of nitrogens with one attached hydrogen (secondary N) is 1. The quantitative estimate of drug-likeness (QED) is 0.548. The van der Waals surface area contributed by atoms with Gasteiger partial charge in [-0.1, -0.05) is 11.6 Å². The Morgan fingerprint density at radius 3 is 3.15 bits per heavy atom. The predicted molar refractivity (Wildman–Crippen MR) is 51.0 cm³/mol. The molecule has 0 aliphatic carbocycles. The van der Waals surface area contributed by atoms with E-state index in [-0.39, 0.29) is 6.61 Å². The van der Waals surface area contributed by atoms with Crippen molar-refractivity contribution in [1.82, 2.24) is 0 Å². The zero-order valence-corrected chi connectivity index (χ0v) is 7.51. The first kappa shape index (κ1) is 8.47. The molecule has 2 rings (SSSR count). The van der Waals surface area contributed by atoms with E-state index in [1.165, 1.54) is 0 Å². The van der Waals surface area contributed by atoms with E-state index in [0.29, 0.717) is 22.1 Å². The molecule has 1 aliphatic heterocycles. The maximum Gasteiger partial charge on any atom is 0.165 e. The van der Waals surface area contributed by atoms with Crippen molar-refractivity contribution in [2.75, 3.05) is 17.7 Å². The SMILES string of the molecule is Nc1cc(Cl)cc2c1OCC(O)N2. The van der Waals surface area contributed by atoms with Crippen molar-refractivity contribution in [3.63, 3.8) is 0 Å². The van der Waals surface area contributed by atoms with Gasteiger partial charge in [0.25, 0.3) is 0 Å². The van der Waals surface area contributed by atoms with E-state index in [2.05, 4.69) is 5.32 Å². The number of rotatable bonds is 0. The van der Waals surface area contributed by atoms with Crippen LogP contribution in [0.25, 0.3) is 0 Å². The van der Waals surface area contributed by atoms with Crippen LogP contribution < -0.4 is 15.8 Å². The summed E-state index contributed by atoms with van der Waals surface area (Å²) in [5, 5.41) is 12.5. The number of anilines is 2. The molecule has 0 saturated carbocycles. The average Bonchev–Trinajstić information content (AvgIpc) is 2.02. The van der Waals surface area contributed by atoms with Crippen molar-refractivity contribution in [2.45, 2.75) is 6.23 Å². The summed E-state index contributed by atoms with van der Waals surface area (Å²) < 4.78 is 5.23. The molecule has 4 N–H and O–H groups in total. The number of hydrogen-bond donors (Lipinski definition) is 3. The molecule has 0 bridgehead atoms. The fourth-order valence-corrected chi connectivity index (χ4v) is 1.49. The van der Waals surface area contributed by atoms with Crippen LogP contribution in [0.4, 0.5) is 11.4 Å². The highest BCUT2D eigenvalue weighted by atomic mass is 35.5. The summed E-state index contributed by atoms with van der Waals surface area (Å²) in [6, 6.07) is 3.27. The second kappa shape index (κ2) is 2.97. The molecule has 1 heterocycles. The van der Waals surface area contributed by atoms with Crippen LogP contribution in [-0.4, -0.2) is 17.9 Å². The smallest absolute Gasteiger partial charge is 0.165 e. The van der Waals surface area contributed by atoms with Crippen molar-refractivity contribution < 1.29 is 9.84 Å². The normalized spacial score (nSPS) is 20.0. The number of nitrogens with two attached hydrogens (primary N) is 1. The van der Waals surface area contributed by atoms with Gasteiger partial charge in [-0.25, -0.2) is 0 Å². The second-order valence-corrected chi connectivity index (χ2v) is 3.28. The van der Waals surface area contributed by atoms with Crippen LogP contribution >= 0.6 is 11.6 Å². The van der Waals surface area contributed by atoms with Crippen LogP contribution in [0.3, 0.4) is 0 Å². The number of halogens is 1. The lowest BCUT2D eigenvalue weighted by molar-refractivity contribution is 0.120. The zero-order valence-electron chi connectivity index (χ0n) is 6.75. The molecular formula is C8H9ClN2O2. The molecule has 1 aromatic rings. The van der Waals surface area contributed by atoms with E-state index in [4.69, 9.17) is 22.1 Å².